The average Bonchev–Trinajstić information content (AvgIpc) is 2.18. The van der Waals surface area contributed by atoms with Crippen LogP contribution in [0.5, 0.6) is 0 Å². The first-order valence-corrected chi connectivity index (χ1v) is 5.58. The van der Waals surface area contributed by atoms with Crippen LogP contribution in [0.4, 0.5) is 0 Å². The molecule has 0 aromatic rings. The fourth-order valence-electron chi connectivity index (χ4n) is 0.618. The van der Waals surface area contributed by atoms with Crippen LogP contribution in [0.25, 0.3) is 0 Å². The summed E-state index contributed by atoms with van der Waals surface area (Å²) in [5, 5.41) is 16.6. The molecule has 1 unspecified atom stereocenters. The van der Waals surface area contributed by atoms with Crippen molar-refractivity contribution in [3.05, 3.63) is 23.7 Å². The molecule has 1 atom stereocenters. The van der Waals surface area contributed by atoms with Gasteiger partial charge in [0.15, 0.2) is 0 Å². The summed E-state index contributed by atoms with van der Waals surface area (Å²) in [7, 11) is 0. The van der Waals surface area contributed by atoms with Gasteiger partial charge in [0.2, 0.25) is 0 Å². The lowest BCUT2D eigenvalue weighted by Gasteiger charge is -2.01. The van der Waals surface area contributed by atoms with Crippen molar-refractivity contribution in [1.29, 1.82) is 0 Å². The van der Waals surface area contributed by atoms with E-state index in [2.05, 4.69) is 0 Å². The maximum Gasteiger partial charge on any atom is 0.0887 e. The van der Waals surface area contributed by atoms with Crippen molar-refractivity contribution in [3.8, 4) is 0 Å². The first kappa shape index (κ1) is 17.6. The van der Waals surface area contributed by atoms with Crippen molar-refractivity contribution in [1.82, 2.24) is 0 Å². The number of aliphatic hydroxyl groups is 2. The van der Waals surface area contributed by atoms with E-state index in [-0.39, 0.29) is 19.1 Å². The maximum atomic E-state index is 8.35. The van der Waals surface area contributed by atoms with E-state index >= 15 is 0 Å². The van der Waals surface area contributed by atoms with E-state index in [1.807, 2.05) is 34.6 Å². The molecule has 0 aliphatic heterocycles. The second kappa shape index (κ2) is 12.3. The molecule has 0 bridgehead atoms. The van der Waals surface area contributed by atoms with Gasteiger partial charge in [-0.05, 0) is 51.2 Å². The van der Waals surface area contributed by atoms with Crippen LogP contribution in [0.3, 0.4) is 0 Å². The zero-order valence-electron chi connectivity index (χ0n) is 11.2. The minimum atomic E-state index is 0.181. The first-order valence-electron chi connectivity index (χ1n) is 5.58. The Morgan fingerprint density at radius 1 is 1.06 bits per heavy atom. The second-order valence-electron chi connectivity index (χ2n) is 4.33. The highest BCUT2D eigenvalue weighted by molar-refractivity contribution is 4.92. The molecule has 0 heterocycles. The number of hydrogen-bond donors (Lipinski definition) is 2. The van der Waals surface area contributed by atoms with Gasteiger partial charge in [-0.15, -0.1) is 0 Å². The second-order valence-corrected chi connectivity index (χ2v) is 4.33. The molecule has 0 aliphatic carbocycles. The van der Waals surface area contributed by atoms with Crippen LogP contribution < -0.4 is 0 Å². The van der Waals surface area contributed by atoms with E-state index in [0.29, 0.717) is 6.42 Å². The predicted molar refractivity (Wildman–Crippen MR) is 67.9 cm³/mol. The van der Waals surface area contributed by atoms with E-state index in [0.717, 1.165) is 0 Å². The number of aliphatic hydroxyl groups excluding tert-OH is 2. The molecular weight excluding hydrogens is 204 g/mol. The monoisotopic (exact) mass is 230 g/mol. The van der Waals surface area contributed by atoms with Gasteiger partial charge in [0, 0.05) is 13.2 Å². The lowest BCUT2D eigenvalue weighted by Crippen LogP contribution is -2.01. The van der Waals surface area contributed by atoms with Gasteiger partial charge in [0.1, 0.15) is 0 Å². The van der Waals surface area contributed by atoms with Gasteiger partial charge < -0.3 is 14.9 Å². The van der Waals surface area contributed by atoms with Crippen LogP contribution in [-0.4, -0.2) is 23.4 Å². The van der Waals surface area contributed by atoms with Crippen molar-refractivity contribution in [2.75, 3.05) is 13.2 Å². The molecule has 3 heteroatoms. The molecule has 0 saturated carbocycles. The van der Waals surface area contributed by atoms with Crippen LogP contribution in [0.2, 0.25) is 0 Å². The number of hydrogen-bond acceptors (Lipinski definition) is 3. The molecule has 0 saturated heterocycles. The molecule has 2 N–H and O–H groups in total. The molecular formula is C13H26O3. The Kier molecular flexibility index (Phi) is 13.5. The van der Waals surface area contributed by atoms with E-state index in [4.69, 9.17) is 14.9 Å². The lowest BCUT2D eigenvalue weighted by molar-refractivity contribution is 0.194. The summed E-state index contributed by atoms with van der Waals surface area (Å²) in [6.07, 6.45) is 4.16. The van der Waals surface area contributed by atoms with E-state index in [9.17, 15) is 0 Å². The van der Waals surface area contributed by atoms with Crippen molar-refractivity contribution in [3.63, 3.8) is 0 Å². The topological polar surface area (TPSA) is 49.7 Å². The van der Waals surface area contributed by atoms with Gasteiger partial charge in [-0.3, -0.25) is 0 Å². The van der Waals surface area contributed by atoms with Gasteiger partial charge in [0.05, 0.1) is 12.5 Å². The molecule has 16 heavy (non-hydrogen) atoms. The molecule has 0 amide bonds. The normalized spacial score (nSPS) is 10.7. The third-order valence-corrected chi connectivity index (χ3v) is 1.54. The Morgan fingerprint density at radius 2 is 1.50 bits per heavy atom. The van der Waals surface area contributed by atoms with Crippen molar-refractivity contribution < 1.29 is 14.9 Å². The maximum absolute atomic E-state index is 8.35. The Hall–Kier alpha value is -0.800. The van der Waals surface area contributed by atoms with Crippen LogP contribution in [0, 0.1) is 5.92 Å². The third kappa shape index (κ3) is 18.9. The quantitative estimate of drug-likeness (QED) is 0.714. The average molecular weight is 230 g/mol. The van der Waals surface area contributed by atoms with Gasteiger partial charge in [-0.2, -0.15) is 0 Å². The first-order chi connectivity index (χ1) is 7.43. The Labute approximate surface area is 99.4 Å². The smallest absolute Gasteiger partial charge is 0.0887 e. The highest BCUT2D eigenvalue weighted by Gasteiger charge is 1.94. The number of allylic oxidation sites excluding steroid dienone is 2. The third-order valence-electron chi connectivity index (χ3n) is 1.54. The van der Waals surface area contributed by atoms with E-state index in [1.165, 1.54) is 11.1 Å². The SMILES string of the molecule is CC(C)=COC=C(C)C.CC(CO)CCO. The van der Waals surface area contributed by atoms with Crippen molar-refractivity contribution in [2.24, 2.45) is 5.92 Å². The Bertz CT molecular complexity index is 183. The lowest BCUT2D eigenvalue weighted by atomic mass is 10.1. The zero-order valence-corrected chi connectivity index (χ0v) is 11.2. The van der Waals surface area contributed by atoms with Gasteiger partial charge in [-0.1, -0.05) is 6.92 Å². The van der Waals surface area contributed by atoms with Crippen molar-refractivity contribution >= 4 is 0 Å². The fraction of sp³-hybridized carbons (Fsp3) is 0.692. The Balaban J connectivity index is 0. The number of rotatable bonds is 5. The standard InChI is InChI=1S/C8H14O.C5H12O2/c1-7(2)5-9-6-8(3)4;1-5(4-7)2-3-6/h5-6H,1-4H3;5-7H,2-4H2,1H3. The Morgan fingerprint density at radius 3 is 1.69 bits per heavy atom. The van der Waals surface area contributed by atoms with Gasteiger partial charge in [0.25, 0.3) is 0 Å². The van der Waals surface area contributed by atoms with Crippen LogP contribution in [-0.2, 0) is 4.74 Å². The van der Waals surface area contributed by atoms with Gasteiger partial charge in [-0.25, -0.2) is 0 Å². The summed E-state index contributed by atoms with van der Waals surface area (Å²) in [6.45, 7) is 10.3. The molecule has 96 valence electrons. The molecule has 3 nitrogen and oxygen atoms in total. The fourth-order valence-corrected chi connectivity index (χ4v) is 0.618. The van der Waals surface area contributed by atoms with Gasteiger partial charge >= 0.3 is 0 Å². The molecule has 0 spiro atoms. The summed E-state index contributed by atoms with van der Waals surface area (Å²) in [5.41, 5.74) is 2.35. The summed E-state index contributed by atoms with van der Waals surface area (Å²) in [4.78, 5) is 0. The van der Waals surface area contributed by atoms with Crippen LogP contribution >= 0.6 is 0 Å². The largest absolute Gasteiger partial charge is 0.473 e. The zero-order chi connectivity index (χ0) is 13.0. The predicted octanol–water partition coefficient (Wildman–Crippen LogP) is 2.85. The summed E-state index contributed by atoms with van der Waals surface area (Å²) < 4.78 is 5.03. The molecule has 0 aromatic carbocycles. The highest BCUT2D eigenvalue weighted by Crippen LogP contribution is 1.96. The van der Waals surface area contributed by atoms with Crippen LogP contribution in [0.15, 0.2) is 23.7 Å². The highest BCUT2D eigenvalue weighted by atomic mass is 16.5. The molecule has 0 aromatic heterocycles. The summed E-state index contributed by atoms with van der Waals surface area (Å²) >= 11 is 0. The molecule has 0 aliphatic rings. The molecule has 0 radical (unpaired) electrons. The number of ether oxygens (including phenoxy) is 1. The van der Waals surface area contributed by atoms with Crippen molar-refractivity contribution in [2.45, 2.75) is 41.0 Å². The molecule has 0 fully saturated rings. The van der Waals surface area contributed by atoms with E-state index in [1.54, 1.807) is 12.5 Å². The van der Waals surface area contributed by atoms with E-state index < -0.39 is 0 Å². The minimum absolute atomic E-state index is 0.181. The van der Waals surface area contributed by atoms with Crippen LogP contribution in [0.1, 0.15) is 41.0 Å². The summed E-state index contributed by atoms with van der Waals surface area (Å²) in [5.74, 6) is 0.255. The molecule has 0 rings (SSSR count). The minimum Gasteiger partial charge on any atom is -0.473 e. The summed E-state index contributed by atoms with van der Waals surface area (Å²) in [6, 6.07) is 0.